The first kappa shape index (κ1) is 22.3. The van der Waals surface area contributed by atoms with Crippen LogP contribution in [-0.4, -0.2) is 32.5 Å². The zero-order valence-corrected chi connectivity index (χ0v) is 19.2. The Bertz CT molecular complexity index is 973. The largest absolute Gasteiger partial charge is 0.490 e. The third-order valence-corrected chi connectivity index (χ3v) is 5.90. The van der Waals surface area contributed by atoms with Crippen molar-refractivity contribution in [3.63, 3.8) is 0 Å². The van der Waals surface area contributed by atoms with E-state index in [1.807, 2.05) is 50.2 Å². The van der Waals surface area contributed by atoms with Gasteiger partial charge >= 0.3 is 0 Å². The van der Waals surface area contributed by atoms with Crippen molar-refractivity contribution in [2.24, 2.45) is 5.92 Å². The average molecular weight is 441 g/mol. The van der Waals surface area contributed by atoms with Gasteiger partial charge in [-0.25, -0.2) is 0 Å². The third kappa shape index (κ3) is 4.93. The summed E-state index contributed by atoms with van der Waals surface area (Å²) in [4.78, 5) is 12.9. The molecule has 0 saturated heterocycles. The Morgan fingerprint density at radius 1 is 0.938 bits per heavy atom. The second kappa shape index (κ2) is 9.28. The fourth-order valence-corrected chi connectivity index (χ4v) is 3.92. The van der Waals surface area contributed by atoms with Gasteiger partial charge in [0.2, 0.25) is 12.7 Å². The van der Waals surface area contributed by atoms with Crippen LogP contribution in [0.1, 0.15) is 51.3 Å². The Morgan fingerprint density at radius 2 is 1.59 bits per heavy atom. The summed E-state index contributed by atoms with van der Waals surface area (Å²) < 4.78 is 22.4. The second-order valence-electron chi connectivity index (χ2n) is 9.09. The maximum Gasteiger partial charge on any atom is 0.234 e. The molecule has 1 unspecified atom stereocenters. The molecular formula is C25H32N2O5. The number of benzene rings is 2. The molecule has 2 aromatic carbocycles. The van der Waals surface area contributed by atoms with E-state index in [-0.39, 0.29) is 31.2 Å². The highest BCUT2D eigenvalue weighted by Gasteiger charge is 2.26. The van der Waals surface area contributed by atoms with Crippen molar-refractivity contribution >= 4 is 5.91 Å². The molecule has 0 aromatic heterocycles. The van der Waals surface area contributed by atoms with E-state index in [1.54, 1.807) is 0 Å². The minimum atomic E-state index is -0.416. The first-order valence-electron chi connectivity index (χ1n) is 11.2. The summed E-state index contributed by atoms with van der Waals surface area (Å²) in [6.45, 7) is 10.00. The minimum Gasteiger partial charge on any atom is -0.490 e. The van der Waals surface area contributed by atoms with E-state index in [4.69, 9.17) is 18.9 Å². The molecule has 0 bridgehead atoms. The molecule has 4 rings (SSSR count). The lowest BCUT2D eigenvalue weighted by Gasteiger charge is -2.28. The number of amides is 1. The molecule has 0 radical (unpaired) electrons. The lowest BCUT2D eigenvalue weighted by Crippen LogP contribution is -2.44. The van der Waals surface area contributed by atoms with Crippen LogP contribution in [0.2, 0.25) is 0 Å². The Kier molecular flexibility index (Phi) is 6.46. The van der Waals surface area contributed by atoms with Gasteiger partial charge in [-0.1, -0.05) is 26.0 Å². The summed E-state index contributed by atoms with van der Waals surface area (Å²) in [7, 11) is 0. The summed E-state index contributed by atoms with van der Waals surface area (Å²) in [6, 6.07) is 11.6. The first-order valence-corrected chi connectivity index (χ1v) is 11.2. The summed E-state index contributed by atoms with van der Waals surface area (Å²) in [5, 5.41) is 6.55. The molecule has 2 aliphatic rings. The SMILES string of the molecule is CC(C)C(NC(=O)CNC(C)(C)c1ccc2c(c1)OCO2)c1ccc2c(c1)OCCCO2. The van der Waals surface area contributed by atoms with Crippen molar-refractivity contribution < 1.29 is 23.7 Å². The van der Waals surface area contributed by atoms with Crippen molar-refractivity contribution in [3.8, 4) is 23.0 Å². The smallest absolute Gasteiger partial charge is 0.234 e. The Morgan fingerprint density at radius 3 is 2.38 bits per heavy atom. The highest BCUT2D eigenvalue weighted by Crippen LogP contribution is 2.36. The Labute approximate surface area is 189 Å². The average Bonchev–Trinajstić information content (AvgIpc) is 3.12. The standard InChI is InChI=1S/C25H32N2O5/c1-16(2)24(17-6-8-19-21(12-17)30-11-5-10-29-19)27-23(28)14-26-25(3,4)18-7-9-20-22(13-18)32-15-31-20/h6-9,12-13,16,24,26H,5,10-11,14-15H2,1-4H3,(H,27,28). The molecule has 0 fully saturated rings. The highest BCUT2D eigenvalue weighted by molar-refractivity contribution is 5.78. The van der Waals surface area contributed by atoms with Gasteiger partial charge in [-0.2, -0.15) is 0 Å². The zero-order valence-electron chi connectivity index (χ0n) is 19.2. The summed E-state index contributed by atoms with van der Waals surface area (Å²) >= 11 is 0. The van der Waals surface area contributed by atoms with Gasteiger partial charge < -0.3 is 24.3 Å². The fraction of sp³-hybridized carbons (Fsp3) is 0.480. The Balaban J connectivity index is 1.41. The number of hydrogen-bond acceptors (Lipinski definition) is 6. The van der Waals surface area contributed by atoms with E-state index in [2.05, 4.69) is 24.5 Å². The molecule has 1 amide bonds. The van der Waals surface area contributed by atoms with E-state index in [0.29, 0.717) is 13.2 Å². The molecule has 172 valence electrons. The van der Waals surface area contributed by atoms with Crippen molar-refractivity contribution in [2.75, 3.05) is 26.6 Å². The van der Waals surface area contributed by atoms with Crippen LogP contribution in [0.3, 0.4) is 0 Å². The molecule has 32 heavy (non-hydrogen) atoms. The van der Waals surface area contributed by atoms with Gasteiger partial charge in [0, 0.05) is 12.0 Å². The molecule has 2 N–H and O–H groups in total. The maximum absolute atomic E-state index is 12.9. The van der Waals surface area contributed by atoms with Gasteiger partial charge in [0.15, 0.2) is 23.0 Å². The monoisotopic (exact) mass is 440 g/mol. The van der Waals surface area contributed by atoms with Crippen LogP contribution in [0.25, 0.3) is 0 Å². The van der Waals surface area contributed by atoms with Crippen molar-refractivity contribution in [2.45, 2.75) is 45.7 Å². The minimum absolute atomic E-state index is 0.0652. The van der Waals surface area contributed by atoms with Gasteiger partial charge in [0.25, 0.3) is 0 Å². The van der Waals surface area contributed by atoms with Crippen molar-refractivity contribution in [1.82, 2.24) is 10.6 Å². The highest BCUT2D eigenvalue weighted by atomic mass is 16.7. The van der Waals surface area contributed by atoms with Crippen LogP contribution in [-0.2, 0) is 10.3 Å². The first-order chi connectivity index (χ1) is 15.3. The molecule has 7 heteroatoms. The van der Waals surface area contributed by atoms with Crippen LogP contribution < -0.4 is 29.6 Å². The van der Waals surface area contributed by atoms with Gasteiger partial charge in [-0.3, -0.25) is 10.1 Å². The second-order valence-corrected chi connectivity index (χ2v) is 9.09. The summed E-state index contributed by atoms with van der Waals surface area (Å²) in [6.07, 6.45) is 0.860. The van der Waals surface area contributed by atoms with Crippen LogP contribution in [0.5, 0.6) is 23.0 Å². The summed E-state index contributed by atoms with van der Waals surface area (Å²) in [5.74, 6) is 3.12. The lowest BCUT2D eigenvalue weighted by molar-refractivity contribution is -0.121. The Hall–Kier alpha value is -2.93. The molecule has 2 aromatic rings. The number of ether oxygens (including phenoxy) is 4. The predicted octanol–water partition coefficient (Wildman–Crippen LogP) is 3.91. The molecule has 7 nitrogen and oxygen atoms in total. The molecule has 1 atom stereocenters. The molecular weight excluding hydrogens is 408 g/mol. The molecule has 0 spiro atoms. The van der Waals surface area contributed by atoms with E-state index in [0.717, 1.165) is 40.5 Å². The van der Waals surface area contributed by atoms with Gasteiger partial charge in [-0.15, -0.1) is 0 Å². The number of carbonyl (C=O) groups excluding carboxylic acids is 1. The number of rotatable bonds is 7. The quantitative estimate of drug-likeness (QED) is 0.680. The number of nitrogens with one attached hydrogen (secondary N) is 2. The van der Waals surface area contributed by atoms with Crippen LogP contribution in [0, 0.1) is 5.92 Å². The predicted molar refractivity (Wildman–Crippen MR) is 121 cm³/mol. The number of carbonyl (C=O) groups is 1. The zero-order chi connectivity index (χ0) is 22.7. The normalized spacial score (nSPS) is 15.9. The maximum atomic E-state index is 12.9. The molecule has 0 saturated carbocycles. The van der Waals surface area contributed by atoms with Crippen LogP contribution in [0.15, 0.2) is 36.4 Å². The lowest BCUT2D eigenvalue weighted by atomic mass is 9.93. The van der Waals surface area contributed by atoms with Gasteiger partial charge in [0.1, 0.15) is 0 Å². The van der Waals surface area contributed by atoms with Crippen LogP contribution in [0.4, 0.5) is 0 Å². The summed E-state index contributed by atoms with van der Waals surface area (Å²) in [5.41, 5.74) is 1.62. The number of fused-ring (bicyclic) bond motifs is 2. The van der Waals surface area contributed by atoms with Crippen LogP contribution >= 0.6 is 0 Å². The van der Waals surface area contributed by atoms with Crippen molar-refractivity contribution in [1.29, 1.82) is 0 Å². The van der Waals surface area contributed by atoms with E-state index >= 15 is 0 Å². The topological polar surface area (TPSA) is 78.1 Å². The van der Waals surface area contributed by atoms with E-state index in [1.165, 1.54) is 0 Å². The molecule has 2 aliphatic heterocycles. The van der Waals surface area contributed by atoms with Gasteiger partial charge in [-0.05, 0) is 55.2 Å². The third-order valence-electron chi connectivity index (χ3n) is 5.90. The molecule has 0 aliphatic carbocycles. The fourth-order valence-electron chi connectivity index (χ4n) is 3.92. The van der Waals surface area contributed by atoms with Crippen molar-refractivity contribution in [3.05, 3.63) is 47.5 Å². The van der Waals surface area contributed by atoms with E-state index in [9.17, 15) is 4.79 Å². The number of hydrogen-bond donors (Lipinski definition) is 2. The van der Waals surface area contributed by atoms with E-state index < -0.39 is 5.54 Å². The van der Waals surface area contributed by atoms with Gasteiger partial charge in [0.05, 0.1) is 25.8 Å². The molecule has 2 heterocycles.